The van der Waals surface area contributed by atoms with Crippen molar-refractivity contribution in [1.82, 2.24) is 4.90 Å². The third kappa shape index (κ3) is 2.56. The summed E-state index contributed by atoms with van der Waals surface area (Å²) in [6.07, 6.45) is 0.707. The number of methoxy groups -OCH3 is 1. The Kier molecular flexibility index (Phi) is 3.80. The van der Waals surface area contributed by atoms with Gasteiger partial charge in [0, 0.05) is 6.54 Å². The molecule has 5 nitrogen and oxygen atoms in total. The van der Waals surface area contributed by atoms with Crippen LogP contribution in [0.25, 0.3) is 0 Å². The number of hydrogen-bond donors (Lipinski definition) is 1. The fraction of sp³-hybridized carbons (Fsp3) is 0.389. The molecule has 1 aromatic heterocycles. The topological polar surface area (TPSA) is 62.9 Å². The van der Waals surface area contributed by atoms with Crippen LogP contribution < -0.4 is 4.74 Å². The molecule has 2 aromatic rings. The molecule has 5 heteroatoms. The van der Waals surface area contributed by atoms with Gasteiger partial charge in [0.2, 0.25) is 0 Å². The van der Waals surface area contributed by atoms with E-state index in [-0.39, 0.29) is 17.7 Å². The lowest BCUT2D eigenvalue weighted by Gasteiger charge is -2.35. The number of furan rings is 1. The van der Waals surface area contributed by atoms with E-state index in [0.717, 1.165) is 16.9 Å². The number of amides is 1. The van der Waals surface area contributed by atoms with E-state index in [1.54, 1.807) is 12.1 Å². The number of carbonyl (C=O) groups is 1. The van der Waals surface area contributed by atoms with Gasteiger partial charge in [-0.15, -0.1) is 0 Å². The van der Waals surface area contributed by atoms with Crippen LogP contribution in [0.2, 0.25) is 0 Å². The van der Waals surface area contributed by atoms with Gasteiger partial charge in [0.05, 0.1) is 18.7 Å². The number of aryl methyl sites for hydroxylation is 2. The Morgan fingerprint density at radius 1 is 1.35 bits per heavy atom. The van der Waals surface area contributed by atoms with Crippen molar-refractivity contribution in [3.8, 4) is 11.5 Å². The zero-order valence-electron chi connectivity index (χ0n) is 13.8. The van der Waals surface area contributed by atoms with Gasteiger partial charge < -0.3 is 19.2 Å². The maximum Gasteiger partial charge on any atom is 0.257 e. The molecular weight excluding hydrogens is 294 g/mol. The molecule has 0 bridgehead atoms. The highest BCUT2D eigenvalue weighted by Crippen LogP contribution is 2.38. The van der Waals surface area contributed by atoms with Gasteiger partial charge in [0.25, 0.3) is 5.91 Å². The van der Waals surface area contributed by atoms with Crippen LogP contribution in [0, 0.1) is 13.8 Å². The number of ether oxygens (including phenoxy) is 1. The van der Waals surface area contributed by atoms with Crippen molar-refractivity contribution in [2.45, 2.75) is 33.2 Å². The zero-order valence-corrected chi connectivity index (χ0v) is 13.8. The van der Waals surface area contributed by atoms with Crippen molar-refractivity contribution in [3.05, 3.63) is 46.4 Å². The molecule has 0 radical (unpaired) electrons. The summed E-state index contributed by atoms with van der Waals surface area (Å²) in [6.45, 7) is 6.26. The summed E-state index contributed by atoms with van der Waals surface area (Å²) in [5, 5.41) is 9.93. The van der Waals surface area contributed by atoms with Crippen LogP contribution >= 0.6 is 0 Å². The van der Waals surface area contributed by atoms with E-state index in [1.165, 1.54) is 7.11 Å². The first-order valence-electron chi connectivity index (χ1n) is 7.70. The number of phenols is 1. The first kappa shape index (κ1) is 15.5. The van der Waals surface area contributed by atoms with Crippen LogP contribution in [0.3, 0.4) is 0 Å². The Hall–Kier alpha value is -2.43. The van der Waals surface area contributed by atoms with E-state index in [4.69, 9.17) is 9.15 Å². The van der Waals surface area contributed by atoms with E-state index in [9.17, 15) is 9.90 Å². The average molecular weight is 315 g/mol. The number of hydrogen-bond acceptors (Lipinski definition) is 4. The maximum absolute atomic E-state index is 12.9. The quantitative estimate of drug-likeness (QED) is 0.923. The molecule has 1 aromatic carbocycles. The molecule has 0 fully saturated rings. The van der Waals surface area contributed by atoms with Crippen LogP contribution in [0.1, 0.15) is 46.0 Å². The van der Waals surface area contributed by atoms with Crippen LogP contribution in [-0.2, 0) is 6.42 Å². The lowest BCUT2D eigenvalue weighted by Crippen LogP contribution is -2.39. The van der Waals surface area contributed by atoms with Gasteiger partial charge in [-0.2, -0.15) is 0 Å². The highest BCUT2D eigenvalue weighted by atomic mass is 16.5. The van der Waals surface area contributed by atoms with Gasteiger partial charge >= 0.3 is 0 Å². The SMILES string of the molecule is COc1cc2c(cc1O)CCN(C(=O)c1cc(C)oc1C)[C@H]2C. The first-order valence-corrected chi connectivity index (χ1v) is 7.70. The van der Waals surface area contributed by atoms with Crippen molar-refractivity contribution < 1.29 is 19.1 Å². The normalized spacial score (nSPS) is 17.0. The van der Waals surface area contributed by atoms with Crippen molar-refractivity contribution >= 4 is 5.91 Å². The third-order valence-electron chi connectivity index (χ3n) is 4.51. The van der Waals surface area contributed by atoms with Crippen LogP contribution in [0.4, 0.5) is 0 Å². The predicted octanol–water partition coefficient (Wildman–Crippen LogP) is 3.37. The molecule has 23 heavy (non-hydrogen) atoms. The molecule has 2 heterocycles. The molecule has 1 aliphatic heterocycles. The molecule has 0 saturated heterocycles. The molecule has 0 saturated carbocycles. The Morgan fingerprint density at radius 3 is 2.70 bits per heavy atom. The average Bonchev–Trinajstić information content (AvgIpc) is 2.85. The molecule has 0 spiro atoms. The minimum Gasteiger partial charge on any atom is -0.504 e. The number of aromatic hydroxyl groups is 1. The second-order valence-corrected chi connectivity index (χ2v) is 5.97. The molecule has 1 amide bonds. The summed E-state index contributed by atoms with van der Waals surface area (Å²) < 4.78 is 10.7. The minimum absolute atomic E-state index is 0.0236. The largest absolute Gasteiger partial charge is 0.504 e. The van der Waals surface area contributed by atoms with Gasteiger partial charge in [-0.3, -0.25) is 4.79 Å². The van der Waals surface area contributed by atoms with Crippen LogP contribution in [0.15, 0.2) is 22.6 Å². The fourth-order valence-corrected chi connectivity index (χ4v) is 3.27. The standard InChI is InChI=1S/C18H21NO4/c1-10-7-15(12(3)23-10)18(21)19-6-5-13-8-16(20)17(22-4)9-14(13)11(19)2/h7-9,11,20H,5-6H2,1-4H3/t11-/m0/s1. The number of benzene rings is 1. The molecule has 0 unspecified atom stereocenters. The third-order valence-corrected chi connectivity index (χ3v) is 4.51. The maximum atomic E-state index is 12.9. The molecule has 1 N–H and O–H groups in total. The van der Waals surface area contributed by atoms with Crippen molar-refractivity contribution in [1.29, 1.82) is 0 Å². The van der Waals surface area contributed by atoms with Crippen LogP contribution in [-0.4, -0.2) is 29.6 Å². The summed E-state index contributed by atoms with van der Waals surface area (Å²) in [4.78, 5) is 14.7. The lowest BCUT2D eigenvalue weighted by atomic mass is 9.92. The molecular formula is C18H21NO4. The smallest absolute Gasteiger partial charge is 0.257 e. The number of carbonyl (C=O) groups excluding carboxylic acids is 1. The molecule has 122 valence electrons. The summed E-state index contributed by atoms with van der Waals surface area (Å²) in [5.74, 6) is 1.93. The predicted molar refractivity (Wildman–Crippen MR) is 86.0 cm³/mol. The number of nitrogens with zero attached hydrogens (tertiary/aromatic N) is 1. The van der Waals surface area contributed by atoms with Gasteiger partial charge in [0.1, 0.15) is 11.5 Å². The highest BCUT2D eigenvalue weighted by Gasteiger charge is 2.31. The molecule has 1 atom stereocenters. The summed E-state index contributed by atoms with van der Waals surface area (Å²) in [7, 11) is 1.52. The van der Waals surface area contributed by atoms with Gasteiger partial charge in [0.15, 0.2) is 11.5 Å². The van der Waals surface area contributed by atoms with E-state index in [0.29, 0.717) is 30.0 Å². The monoisotopic (exact) mass is 315 g/mol. The molecule has 0 aliphatic carbocycles. The first-order chi connectivity index (χ1) is 10.9. The second kappa shape index (κ2) is 5.65. The van der Waals surface area contributed by atoms with Gasteiger partial charge in [-0.25, -0.2) is 0 Å². The van der Waals surface area contributed by atoms with Crippen molar-refractivity contribution in [2.24, 2.45) is 0 Å². The van der Waals surface area contributed by atoms with E-state index in [1.807, 2.05) is 31.7 Å². The van der Waals surface area contributed by atoms with E-state index >= 15 is 0 Å². The van der Waals surface area contributed by atoms with Gasteiger partial charge in [-0.1, -0.05) is 0 Å². The second-order valence-electron chi connectivity index (χ2n) is 5.97. The minimum atomic E-state index is -0.0876. The Balaban J connectivity index is 1.95. The van der Waals surface area contributed by atoms with Gasteiger partial charge in [-0.05, 0) is 56.5 Å². The fourth-order valence-electron chi connectivity index (χ4n) is 3.27. The lowest BCUT2D eigenvalue weighted by molar-refractivity contribution is 0.0675. The number of rotatable bonds is 2. The van der Waals surface area contributed by atoms with Crippen molar-refractivity contribution in [3.63, 3.8) is 0 Å². The van der Waals surface area contributed by atoms with E-state index in [2.05, 4.69) is 0 Å². The molecule has 1 aliphatic rings. The summed E-state index contributed by atoms with van der Waals surface area (Å²) in [6, 6.07) is 5.26. The molecule has 3 rings (SSSR count). The highest BCUT2D eigenvalue weighted by molar-refractivity contribution is 5.95. The van der Waals surface area contributed by atoms with Crippen molar-refractivity contribution in [2.75, 3.05) is 13.7 Å². The number of fused-ring (bicyclic) bond motifs is 1. The Bertz CT molecular complexity index is 763. The van der Waals surface area contributed by atoms with E-state index < -0.39 is 0 Å². The summed E-state index contributed by atoms with van der Waals surface area (Å²) >= 11 is 0. The Morgan fingerprint density at radius 2 is 2.09 bits per heavy atom. The summed E-state index contributed by atoms with van der Waals surface area (Å²) in [5.41, 5.74) is 2.68. The van der Waals surface area contributed by atoms with Crippen LogP contribution in [0.5, 0.6) is 11.5 Å². The number of phenolic OH excluding ortho intramolecular Hbond substituents is 1. The zero-order chi connectivity index (χ0) is 16.7. The Labute approximate surface area is 135 Å².